The summed E-state index contributed by atoms with van der Waals surface area (Å²) in [7, 11) is 0. The van der Waals surface area contributed by atoms with Gasteiger partial charge >= 0.3 is 0 Å². The molecule has 0 fully saturated rings. The van der Waals surface area contributed by atoms with Crippen LogP contribution in [0.25, 0.3) is 10.1 Å². The summed E-state index contributed by atoms with van der Waals surface area (Å²) in [5.41, 5.74) is 20.7. The number of anilines is 4. The van der Waals surface area contributed by atoms with Gasteiger partial charge in [0.1, 0.15) is 0 Å². The van der Waals surface area contributed by atoms with Crippen LogP contribution in [-0.2, 0) is 10.8 Å². The van der Waals surface area contributed by atoms with Gasteiger partial charge in [-0.15, -0.1) is 11.3 Å². The topological polar surface area (TPSA) is 6.48 Å². The van der Waals surface area contributed by atoms with Gasteiger partial charge in [0.05, 0.1) is 5.69 Å². The number of para-hydroxylation sites is 1. The van der Waals surface area contributed by atoms with E-state index >= 15 is 0 Å². The number of aryl methyl sites for hydroxylation is 1. The van der Waals surface area contributed by atoms with Gasteiger partial charge in [0, 0.05) is 43.3 Å². The molecular formula is C47H53BN2S. The second-order valence-corrected chi connectivity index (χ2v) is 19.6. The Labute approximate surface area is 310 Å². The lowest BCUT2D eigenvalue weighted by atomic mass is 9.34. The zero-order chi connectivity index (χ0) is 35.8. The van der Waals surface area contributed by atoms with Gasteiger partial charge in [0.25, 0.3) is 6.71 Å². The quantitative estimate of drug-likeness (QED) is 0.193. The molecule has 0 N–H and O–H groups in total. The van der Waals surface area contributed by atoms with Crippen LogP contribution in [0, 0.1) is 12.3 Å². The van der Waals surface area contributed by atoms with Crippen molar-refractivity contribution in [2.45, 2.75) is 119 Å². The van der Waals surface area contributed by atoms with Gasteiger partial charge in [-0.25, -0.2) is 0 Å². The highest BCUT2D eigenvalue weighted by atomic mass is 32.1. The smallest absolute Gasteiger partial charge is 0.264 e. The fraction of sp³-hybridized carbons (Fsp3) is 0.404. The minimum absolute atomic E-state index is 0.125. The number of rotatable bonds is 2. The van der Waals surface area contributed by atoms with Crippen molar-refractivity contribution < 1.29 is 0 Å². The first-order valence-electron chi connectivity index (χ1n) is 19.4. The Bertz CT molecular complexity index is 2280. The van der Waals surface area contributed by atoms with Crippen molar-refractivity contribution in [1.82, 2.24) is 0 Å². The molecule has 9 rings (SSSR count). The van der Waals surface area contributed by atoms with Crippen LogP contribution in [0.3, 0.4) is 0 Å². The van der Waals surface area contributed by atoms with Crippen molar-refractivity contribution in [2.75, 3.05) is 9.80 Å². The number of nitrogens with zero attached hydrogens (tertiary/aromatic N) is 2. The molecule has 2 nitrogen and oxygen atoms in total. The maximum Gasteiger partial charge on any atom is 0.264 e. The van der Waals surface area contributed by atoms with E-state index in [2.05, 4.69) is 157 Å². The Hall–Kier alpha value is -3.76. The van der Waals surface area contributed by atoms with Crippen LogP contribution in [0.1, 0.15) is 118 Å². The summed E-state index contributed by atoms with van der Waals surface area (Å²) in [6.07, 6.45) is 12.0. The Kier molecular flexibility index (Phi) is 7.22. The fourth-order valence-electron chi connectivity index (χ4n) is 10.1. The molecule has 0 radical (unpaired) electrons. The van der Waals surface area contributed by atoms with Crippen LogP contribution in [0.2, 0.25) is 0 Å². The molecule has 51 heavy (non-hydrogen) atoms. The molecule has 3 aromatic carbocycles. The summed E-state index contributed by atoms with van der Waals surface area (Å²) < 4.78 is 2.94. The molecule has 2 aliphatic heterocycles. The van der Waals surface area contributed by atoms with Crippen LogP contribution in [0.5, 0.6) is 0 Å². The van der Waals surface area contributed by atoms with Crippen molar-refractivity contribution in [3.63, 3.8) is 0 Å². The number of fused-ring (bicyclic) bond motifs is 6. The fourth-order valence-corrected chi connectivity index (χ4v) is 11.4. The van der Waals surface area contributed by atoms with E-state index in [1.165, 1.54) is 89.5 Å². The van der Waals surface area contributed by atoms with Gasteiger partial charge < -0.3 is 9.80 Å². The van der Waals surface area contributed by atoms with Crippen LogP contribution >= 0.6 is 11.3 Å². The Balaban J connectivity index is 1.42. The highest BCUT2D eigenvalue weighted by Crippen LogP contribution is 2.54. The second-order valence-electron chi connectivity index (χ2n) is 18.5. The van der Waals surface area contributed by atoms with Crippen LogP contribution in [0.15, 0.2) is 100 Å². The van der Waals surface area contributed by atoms with Crippen molar-refractivity contribution in [3.8, 4) is 0 Å². The average molecular weight is 689 g/mol. The first-order chi connectivity index (χ1) is 24.2. The summed E-state index contributed by atoms with van der Waals surface area (Å²) in [6, 6.07) is 21.4. The van der Waals surface area contributed by atoms with Crippen LogP contribution in [0.4, 0.5) is 22.7 Å². The van der Waals surface area contributed by atoms with Crippen LogP contribution < -0.4 is 20.0 Å². The molecule has 0 saturated carbocycles. The average Bonchev–Trinajstić information content (AvgIpc) is 3.45. The molecule has 1 aromatic heterocycles. The standard InChI is InChI=1S/C47H53BN2S/c1-28-23-38-41-39(24-28)50(42-29(2)15-14-16-30(42)3)37-20-19-31(45(4,5)6)25-36(37)48(41)44-43(49(38)32-17-12-11-13-18-32)33-26-34-35(27-40(33)51-44)47(9,10)22-21-46(34,7)8/h11-13,15,17-18,23-27H,14,16,19-22H2,1-10H3. The molecule has 0 spiro atoms. The van der Waals surface area contributed by atoms with E-state index in [0.29, 0.717) is 0 Å². The van der Waals surface area contributed by atoms with E-state index < -0.39 is 0 Å². The van der Waals surface area contributed by atoms with E-state index in [-0.39, 0.29) is 23.0 Å². The maximum absolute atomic E-state index is 2.74. The molecule has 3 aliphatic carbocycles. The van der Waals surface area contributed by atoms with E-state index in [1.54, 1.807) is 16.7 Å². The predicted octanol–water partition coefficient (Wildman–Crippen LogP) is 12.3. The molecule has 5 aliphatic rings. The molecule has 260 valence electrons. The van der Waals surface area contributed by atoms with E-state index in [9.17, 15) is 0 Å². The van der Waals surface area contributed by atoms with Gasteiger partial charge in [-0.2, -0.15) is 0 Å². The number of hydrogen-bond acceptors (Lipinski definition) is 3. The normalized spacial score (nSPS) is 20.5. The van der Waals surface area contributed by atoms with Gasteiger partial charge in [-0.1, -0.05) is 84.4 Å². The van der Waals surface area contributed by atoms with Crippen molar-refractivity contribution >= 4 is 61.1 Å². The Morgan fingerprint density at radius 3 is 2.12 bits per heavy atom. The van der Waals surface area contributed by atoms with Crippen molar-refractivity contribution in [1.29, 1.82) is 0 Å². The van der Waals surface area contributed by atoms with E-state index in [4.69, 9.17) is 0 Å². The lowest BCUT2D eigenvalue weighted by Crippen LogP contribution is -2.56. The number of hydrogen-bond donors (Lipinski definition) is 0. The van der Waals surface area contributed by atoms with Gasteiger partial charge in [-0.05, 0) is 151 Å². The molecule has 4 heteroatoms. The molecule has 0 atom stereocenters. The zero-order valence-electron chi connectivity index (χ0n) is 32.5. The highest BCUT2D eigenvalue weighted by molar-refractivity contribution is 7.33. The zero-order valence-corrected chi connectivity index (χ0v) is 33.3. The van der Waals surface area contributed by atoms with E-state index in [1.807, 2.05) is 0 Å². The third-order valence-corrected chi connectivity index (χ3v) is 14.2. The molecular weight excluding hydrogens is 635 g/mol. The minimum atomic E-state index is 0.125. The summed E-state index contributed by atoms with van der Waals surface area (Å²) in [5.74, 6) is 0. The molecule has 4 aromatic rings. The largest absolute Gasteiger partial charge is 0.315 e. The second kappa shape index (κ2) is 11.1. The first kappa shape index (κ1) is 33.1. The SMILES string of the molecule is CC1=CCCC(C)=C1N1C2=C(C=C(C(C)(C)C)CC2)B2c3sc4cc5c(cc4c3N(c3ccccc3)c3cc(C)cc1c32)C(C)(C)CCC5(C)C. The lowest BCUT2D eigenvalue weighted by Gasteiger charge is -2.47. The monoisotopic (exact) mass is 688 g/mol. The third-order valence-electron chi connectivity index (χ3n) is 13.0. The summed E-state index contributed by atoms with van der Waals surface area (Å²) in [5, 5.41) is 1.42. The van der Waals surface area contributed by atoms with Gasteiger partial charge in [0.15, 0.2) is 0 Å². The molecule has 0 unspecified atom stereocenters. The Morgan fingerprint density at radius 1 is 0.784 bits per heavy atom. The van der Waals surface area contributed by atoms with Gasteiger partial charge in [0.2, 0.25) is 0 Å². The van der Waals surface area contributed by atoms with Gasteiger partial charge in [-0.3, -0.25) is 0 Å². The third kappa shape index (κ3) is 4.88. The molecule has 3 heterocycles. The predicted molar refractivity (Wildman–Crippen MR) is 224 cm³/mol. The lowest BCUT2D eigenvalue weighted by molar-refractivity contribution is 0.332. The minimum Gasteiger partial charge on any atom is -0.315 e. The van der Waals surface area contributed by atoms with Crippen molar-refractivity contribution in [2.24, 2.45) is 5.41 Å². The molecule has 0 amide bonds. The summed E-state index contributed by atoms with van der Waals surface area (Å²) in [4.78, 5) is 5.38. The number of benzene rings is 3. The van der Waals surface area contributed by atoms with E-state index in [0.717, 1.165) is 25.7 Å². The number of allylic oxidation sites excluding steroid dienone is 7. The van der Waals surface area contributed by atoms with Crippen LogP contribution in [-0.4, -0.2) is 6.71 Å². The summed E-state index contributed by atoms with van der Waals surface area (Å²) >= 11 is 2.07. The molecule has 0 saturated heterocycles. The highest BCUT2D eigenvalue weighted by Gasteiger charge is 2.48. The number of thiophene rings is 1. The Morgan fingerprint density at radius 2 is 1.45 bits per heavy atom. The first-order valence-corrected chi connectivity index (χ1v) is 20.2. The molecule has 0 bridgehead atoms. The maximum atomic E-state index is 2.74. The summed E-state index contributed by atoms with van der Waals surface area (Å²) in [6.45, 7) is 24.3. The van der Waals surface area contributed by atoms with Crippen molar-refractivity contribution in [3.05, 3.63) is 117 Å².